The zero-order chi connectivity index (χ0) is 18.7. The minimum atomic E-state index is 0.344. The van der Waals surface area contributed by atoms with Crippen molar-refractivity contribution >= 4 is 0 Å². The summed E-state index contributed by atoms with van der Waals surface area (Å²) in [4.78, 5) is 5.50. The lowest BCUT2D eigenvalue weighted by atomic mass is 9.75. The van der Waals surface area contributed by atoms with Gasteiger partial charge < -0.3 is 9.47 Å². The predicted molar refractivity (Wildman–Crippen MR) is 105 cm³/mol. The van der Waals surface area contributed by atoms with Crippen LogP contribution in [0.3, 0.4) is 0 Å². The van der Waals surface area contributed by atoms with E-state index < -0.39 is 0 Å². The minimum Gasteiger partial charge on any atom is -0.454 e. The highest BCUT2D eigenvalue weighted by atomic mass is 16.7. The summed E-state index contributed by atoms with van der Waals surface area (Å²) >= 11 is 0. The van der Waals surface area contributed by atoms with Gasteiger partial charge in [-0.05, 0) is 56.5 Å². The molecule has 1 aromatic carbocycles. The van der Waals surface area contributed by atoms with Crippen LogP contribution in [0.2, 0.25) is 0 Å². The highest BCUT2D eigenvalue weighted by Gasteiger charge is 2.53. The number of benzene rings is 1. The summed E-state index contributed by atoms with van der Waals surface area (Å²) < 4.78 is 13.2. The van der Waals surface area contributed by atoms with E-state index in [2.05, 4.69) is 46.2 Å². The van der Waals surface area contributed by atoms with E-state index in [1.165, 1.54) is 37.1 Å². The second-order valence-electron chi connectivity index (χ2n) is 8.71. The van der Waals surface area contributed by atoms with Crippen molar-refractivity contribution in [2.24, 2.45) is 5.92 Å². The third kappa shape index (κ3) is 2.58. The van der Waals surface area contributed by atoms with Gasteiger partial charge in [0.15, 0.2) is 11.5 Å². The van der Waals surface area contributed by atoms with Crippen molar-refractivity contribution < 1.29 is 9.47 Å². The molecular formula is C22H28N4O2. The first-order chi connectivity index (χ1) is 13.8. The summed E-state index contributed by atoms with van der Waals surface area (Å²) in [5.41, 5.74) is 2.74. The van der Waals surface area contributed by atoms with Gasteiger partial charge in [-0.15, -0.1) is 0 Å². The van der Waals surface area contributed by atoms with E-state index in [4.69, 9.17) is 9.47 Å². The number of nitrogens with zero attached hydrogens (tertiary/aromatic N) is 4. The Morgan fingerprint density at radius 3 is 2.79 bits per heavy atom. The quantitative estimate of drug-likeness (QED) is 0.816. The molecule has 0 aliphatic carbocycles. The third-order valence-corrected chi connectivity index (χ3v) is 7.31. The predicted octanol–water partition coefficient (Wildman–Crippen LogP) is 2.69. The van der Waals surface area contributed by atoms with Gasteiger partial charge >= 0.3 is 0 Å². The molecule has 2 bridgehead atoms. The van der Waals surface area contributed by atoms with Crippen LogP contribution in [0.15, 0.2) is 30.6 Å². The summed E-state index contributed by atoms with van der Waals surface area (Å²) in [6, 6.07) is 7.86. The van der Waals surface area contributed by atoms with Gasteiger partial charge in [-0.3, -0.25) is 14.5 Å². The molecule has 7 rings (SSSR count). The van der Waals surface area contributed by atoms with Gasteiger partial charge in [0.1, 0.15) is 0 Å². The van der Waals surface area contributed by atoms with Crippen LogP contribution in [0.4, 0.5) is 0 Å². The van der Waals surface area contributed by atoms with E-state index in [0.29, 0.717) is 24.8 Å². The van der Waals surface area contributed by atoms with Crippen molar-refractivity contribution in [1.82, 2.24) is 19.6 Å². The summed E-state index contributed by atoms with van der Waals surface area (Å²) in [6.45, 7) is 8.06. The molecule has 4 saturated heterocycles. The molecule has 6 heteroatoms. The zero-order valence-electron chi connectivity index (χ0n) is 16.5. The molecule has 0 spiro atoms. The highest BCUT2D eigenvalue weighted by molar-refractivity contribution is 5.46. The lowest BCUT2D eigenvalue weighted by molar-refractivity contribution is -0.00870. The number of hydrogen-bond acceptors (Lipinski definition) is 5. The fourth-order valence-electron chi connectivity index (χ4n) is 6.05. The monoisotopic (exact) mass is 380 g/mol. The average molecular weight is 380 g/mol. The lowest BCUT2D eigenvalue weighted by Crippen LogP contribution is -2.59. The normalized spacial score (nSPS) is 33.4. The van der Waals surface area contributed by atoms with E-state index in [-0.39, 0.29) is 0 Å². The van der Waals surface area contributed by atoms with Crippen LogP contribution < -0.4 is 9.47 Å². The van der Waals surface area contributed by atoms with E-state index in [0.717, 1.165) is 37.1 Å². The Morgan fingerprint density at radius 1 is 1.11 bits per heavy atom. The minimum absolute atomic E-state index is 0.344. The number of aryl methyl sites for hydroxylation is 1. The standard InChI is InChI=1S/C22H28N4O2/c1-2-26-12-15(10-23-26)11-25-13-18(17-3-4-19-20(9-17)28-14-27-19)22-21(25)16-5-7-24(22)8-6-16/h3-4,9-10,12,16,18,21-22H,2,5-8,11,13-14H2,1H3/t18-,21-,22-/m1/s1. The van der Waals surface area contributed by atoms with Crippen LogP contribution in [0.1, 0.15) is 36.8 Å². The molecule has 5 aliphatic rings. The summed E-state index contributed by atoms with van der Waals surface area (Å²) in [5, 5.41) is 4.49. The van der Waals surface area contributed by atoms with Gasteiger partial charge in [-0.1, -0.05) is 6.07 Å². The number of fused-ring (bicyclic) bond motifs is 3. The SMILES string of the molecule is CCn1cc(CN2C[C@H](c3ccc4c(c3)OCO4)[C@@H]3[C@H]2C2CCN3CC2)cn1. The molecule has 2 aromatic rings. The van der Waals surface area contributed by atoms with Crippen molar-refractivity contribution in [2.75, 3.05) is 26.4 Å². The smallest absolute Gasteiger partial charge is 0.231 e. The largest absolute Gasteiger partial charge is 0.454 e. The highest BCUT2D eigenvalue weighted by Crippen LogP contribution is 2.48. The van der Waals surface area contributed by atoms with Crippen molar-refractivity contribution in [1.29, 1.82) is 0 Å². The van der Waals surface area contributed by atoms with E-state index in [1.807, 2.05) is 10.9 Å². The Balaban J connectivity index is 1.33. The number of hydrogen-bond donors (Lipinski definition) is 0. The van der Waals surface area contributed by atoms with Crippen LogP contribution in [-0.4, -0.2) is 58.1 Å². The molecule has 148 valence electrons. The topological polar surface area (TPSA) is 42.8 Å². The van der Waals surface area contributed by atoms with Gasteiger partial charge in [-0.25, -0.2) is 0 Å². The van der Waals surface area contributed by atoms with Gasteiger partial charge in [-0.2, -0.15) is 5.10 Å². The number of piperidine rings is 3. The zero-order valence-corrected chi connectivity index (χ0v) is 16.5. The summed E-state index contributed by atoms with van der Waals surface area (Å²) in [6.07, 6.45) is 6.96. The third-order valence-electron chi connectivity index (χ3n) is 7.31. The van der Waals surface area contributed by atoms with Crippen LogP contribution in [-0.2, 0) is 13.1 Å². The molecule has 0 saturated carbocycles. The maximum atomic E-state index is 5.67. The Bertz CT molecular complexity index is 873. The van der Waals surface area contributed by atoms with Crippen molar-refractivity contribution in [3.63, 3.8) is 0 Å². The van der Waals surface area contributed by atoms with E-state index in [9.17, 15) is 0 Å². The number of aromatic nitrogens is 2. The fraction of sp³-hybridized carbons (Fsp3) is 0.591. The van der Waals surface area contributed by atoms with Crippen molar-refractivity contribution in [2.45, 2.75) is 50.9 Å². The van der Waals surface area contributed by atoms with Gasteiger partial charge in [0.05, 0.1) is 6.20 Å². The molecule has 6 nitrogen and oxygen atoms in total. The first-order valence-corrected chi connectivity index (χ1v) is 10.7. The molecule has 0 radical (unpaired) electrons. The lowest BCUT2D eigenvalue weighted by Gasteiger charge is -2.51. The molecule has 0 unspecified atom stereocenters. The van der Waals surface area contributed by atoms with Crippen LogP contribution in [0, 0.1) is 5.92 Å². The first-order valence-electron chi connectivity index (χ1n) is 10.7. The molecule has 4 fully saturated rings. The first kappa shape index (κ1) is 16.9. The number of likely N-dealkylation sites (tertiary alicyclic amines) is 1. The van der Waals surface area contributed by atoms with Gasteiger partial charge in [0.25, 0.3) is 0 Å². The maximum absolute atomic E-state index is 5.67. The van der Waals surface area contributed by atoms with Crippen molar-refractivity contribution in [3.05, 3.63) is 41.7 Å². The molecule has 28 heavy (non-hydrogen) atoms. The molecule has 0 N–H and O–H groups in total. The molecule has 3 atom stereocenters. The number of rotatable bonds is 4. The van der Waals surface area contributed by atoms with Crippen LogP contribution >= 0.6 is 0 Å². The Labute approximate surface area is 166 Å². The Morgan fingerprint density at radius 2 is 1.96 bits per heavy atom. The molecule has 5 aliphatic heterocycles. The Hall–Kier alpha value is -2.05. The molecule has 1 aromatic heterocycles. The second kappa shape index (κ2) is 6.49. The average Bonchev–Trinajstić information content (AvgIpc) is 3.47. The number of ether oxygens (including phenoxy) is 2. The summed E-state index contributed by atoms with van der Waals surface area (Å²) in [7, 11) is 0. The van der Waals surface area contributed by atoms with Crippen molar-refractivity contribution in [3.8, 4) is 11.5 Å². The van der Waals surface area contributed by atoms with Crippen LogP contribution in [0.25, 0.3) is 0 Å². The van der Waals surface area contributed by atoms with Gasteiger partial charge in [0, 0.05) is 49.4 Å². The molecular weight excluding hydrogens is 352 g/mol. The second-order valence-corrected chi connectivity index (χ2v) is 8.71. The van der Waals surface area contributed by atoms with Crippen LogP contribution in [0.5, 0.6) is 11.5 Å². The van der Waals surface area contributed by atoms with Gasteiger partial charge in [0.2, 0.25) is 6.79 Å². The molecule has 6 heterocycles. The summed E-state index contributed by atoms with van der Waals surface area (Å²) in [5.74, 6) is 3.15. The Kier molecular flexibility index (Phi) is 3.91. The molecule has 0 amide bonds. The fourth-order valence-corrected chi connectivity index (χ4v) is 6.05. The van der Waals surface area contributed by atoms with E-state index in [1.54, 1.807) is 0 Å². The van der Waals surface area contributed by atoms with E-state index >= 15 is 0 Å². The maximum Gasteiger partial charge on any atom is 0.231 e.